The fourth-order valence-corrected chi connectivity index (χ4v) is 4.64. The number of rotatable bonds is 6. The van der Waals surface area contributed by atoms with Gasteiger partial charge in [0.2, 0.25) is 11.9 Å². The molecule has 1 aromatic heterocycles. The molecule has 2 aliphatic heterocycles. The van der Waals surface area contributed by atoms with Gasteiger partial charge in [-0.3, -0.25) is 9.69 Å². The van der Waals surface area contributed by atoms with E-state index in [1.165, 1.54) is 5.56 Å². The standard InChI is InChI=1S/C24H32ClN5O/c1-18-6-11-26-24(28-18)30-14-9-21(10-15-30)23(31)27-16-19-7-12-29(13-8-19)17-20-2-4-22(25)5-3-20/h2-6,11,19,21H,7-10,12-17H2,1H3,(H,27,31). The third-order valence-corrected chi connectivity index (χ3v) is 6.77. The summed E-state index contributed by atoms with van der Waals surface area (Å²) in [6, 6.07) is 10.0. The lowest BCUT2D eigenvalue weighted by Gasteiger charge is -2.33. The maximum Gasteiger partial charge on any atom is 0.225 e. The van der Waals surface area contributed by atoms with Gasteiger partial charge in [0, 0.05) is 49.0 Å². The zero-order valence-corrected chi connectivity index (χ0v) is 19.0. The number of benzene rings is 1. The summed E-state index contributed by atoms with van der Waals surface area (Å²) in [5.74, 6) is 1.68. The van der Waals surface area contributed by atoms with Crippen molar-refractivity contribution in [3.8, 4) is 0 Å². The highest BCUT2D eigenvalue weighted by Gasteiger charge is 2.27. The van der Waals surface area contributed by atoms with Crippen molar-refractivity contribution in [3.05, 3.63) is 52.8 Å². The van der Waals surface area contributed by atoms with Crippen molar-refractivity contribution in [1.82, 2.24) is 20.2 Å². The Kier molecular flexibility index (Phi) is 7.41. The Labute approximate surface area is 190 Å². The number of amides is 1. The molecule has 1 N–H and O–H groups in total. The molecular formula is C24H32ClN5O. The summed E-state index contributed by atoms with van der Waals surface area (Å²) in [6.45, 7) is 7.59. The van der Waals surface area contributed by atoms with E-state index in [2.05, 4.69) is 37.2 Å². The summed E-state index contributed by atoms with van der Waals surface area (Å²) in [5, 5.41) is 4.02. The first kappa shape index (κ1) is 22.0. The molecule has 0 spiro atoms. The number of nitrogens with one attached hydrogen (secondary N) is 1. The summed E-state index contributed by atoms with van der Waals surface area (Å²) in [7, 11) is 0. The number of carbonyl (C=O) groups is 1. The lowest BCUT2D eigenvalue weighted by atomic mass is 9.94. The van der Waals surface area contributed by atoms with E-state index in [1.807, 2.05) is 25.1 Å². The van der Waals surface area contributed by atoms with Crippen LogP contribution in [0.3, 0.4) is 0 Å². The van der Waals surface area contributed by atoms with E-state index in [-0.39, 0.29) is 11.8 Å². The lowest BCUT2D eigenvalue weighted by molar-refractivity contribution is -0.125. The Morgan fingerprint density at radius 2 is 1.77 bits per heavy atom. The Hall–Kier alpha value is -2.18. The molecule has 31 heavy (non-hydrogen) atoms. The Bertz CT molecular complexity index is 859. The second-order valence-electron chi connectivity index (χ2n) is 8.85. The highest BCUT2D eigenvalue weighted by molar-refractivity contribution is 6.30. The number of halogens is 1. The Balaban J connectivity index is 1.15. The van der Waals surface area contributed by atoms with Crippen molar-refractivity contribution in [3.63, 3.8) is 0 Å². The van der Waals surface area contributed by atoms with Crippen LogP contribution in [0.15, 0.2) is 36.5 Å². The third-order valence-electron chi connectivity index (χ3n) is 6.52. The molecule has 2 saturated heterocycles. The zero-order chi connectivity index (χ0) is 21.6. The van der Waals surface area contributed by atoms with Gasteiger partial charge in [0.15, 0.2) is 0 Å². The molecule has 0 radical (unpaired) electrons. The topological polar surface area (TPSA) is 61.4 Å². The van der Waals surface area contributed by atoms with Crippen LogP contribution in [0.25, 0.3) is 0 Å². The average Bonchev–Trinajstić information content (AvgIpc) is 2.80. The summed E-state index contributed by atoms with van der Waals surface area (Å²) in [6.07, 6.45) is 5.80. The number of aromatic nitrogens is 2. The van der Waals surface area contributed by atoms with Crippen LogP contribution >= 0.6 is 11.6 Å². The van der Waals surface area contributed by atoms with Gasteiger partial charge in [-0.15, -0.1) is 0 Å². The fraction of sp³-hybridized carbons (Fsp3) is 0.542. The molecule has 3 heterocycles. The van der Waals surface area contributed by atoms with Crippen molar-refractivity contribution in [2.45, 2.75) is 39.2 Å². The van der Waals surface area contributed by atoms with Gasteiger partial charge in [0.05, 0.1) is 0 Å². The molecule has 2 fully saturated rings. The van der Waals surface area contributed by atoms with Crippen LogP contribution in [0.1, 0.15) is 36.9 Å². The molecule has 2 aromatic rings. The predicted molar refractivity (Wildman–Crippen MR) is 124 cm³/mol. The molecule has 2 aliphatic rings. The number of aryl methyl sites for hydroxylation is 1. The number of anilines is 1. The minimum Gasteiger partial charge on any atom is -0.356 e. The van der Waals surface area contributed by atoms with Crippen molar-refractivity contribution < 1.29 is 4.79 Å². The minimum atomic E-state index is 0.103. The van der Waals surface area contributed by atoms with Gasteiger partial charge >= 0.3 is 0 Å². The first-order valence-electron chi connectivity index (χ1n) is 11.4. The number of hydrogen-bond acceptors (Lipinski definition) is 5. The second kappa shape index (κ2) is 10.4. The Morgan fingerprint density at radius 3 is 2.45 bits per heavy atom. The molecule has 7 heteroatoms. The number of nitrogens with zero attached hydrogens (tertiary/aromatic N) is 4. The fourth-order valence-electron chi connectivity index (χ4n) is 4.52. The van der Waals surface area contributed by atoms with E-state index in [4.69, 9.17) is 11.6 Å². The van der Waals surface area contributed by atoms with Gasteiger partial charge in [-0.05, 0) is 75.4 Å². The highest BCUT2D eigenvalue weighted by Crippen LogP contribution is 2.22. The zero-order valence-electron chi connectivity index (χ0n) is 18.3. The number of likely N-dealkylation sites (tertiary alicyclic amines) is 1. The summed E-state index contributed by atoms with van der Waals surface area (Å²) >= 11 is 5.97. The van der Waals surface area contributed by atoms with Crippen molar-refractivity contribution in [2.24, 2.45) is 11.8 Å². The van der Waals surface area contributed by atoms with E-state index in [0.717, 1.165) is 81.6 Å². The van der Waals surface area contributed by atoms with Crippen LogP contribution < -0.4 is 10.2 Å². The molecule has 0 bridgehead atoms. The van der Waals surface area contributed by atoms with E-state index in [1.54, 1.807) is 6.20 Å². The van der Waals surface area contributed by atoms with E-state index in [9.17, 15) is 4.79 Å². The van der Waals surface area contributed by atoms with Gasteiger partial charge in [0.25, 0.3) is 0 Å². The van der Waals surface area contributed by atoms with Gasteiger partial charge in [0.1, 0.15) is 0 Å². The predicted octanol–water partition coefficient (Wildman–Crippen LogP) is 3.68. The highest BCUT2D eigenvalue weighted by atomic mass is 35.5. The molecule has 166 valence electrons. The number of piperidine rings is 2. The molecule has 6 nitrogen and oxygen atoms in total. The van der Waals surface area contributed by atoms with Gasteiger partial charge in [-0.2, -0.15) is 0 Å². The molecule has 1 amide bonds. The van der Waals surface area contributed by atoms with Crippen LogP contribution in [-0.4, -0.2) is 53.5 Å². The Morgan fingerprint density at radius 1 is 1.06 bits per heavy atom. The third kappa shape index (κ3) is 6.17. The maximum atomic E-state index is 12.7. The molecular weight excluding hydrogens is 410 g/mol. The minimum absolute atomic E-state index is 0.103. The molecule has 0 atom stereocenters. The molecule has 0 aliphatic carbocycles. The van der Waals surface area contributed by atoms with Crippen LogP contribution in [0.4, 0.5) is 5.95 Å². The first-order valence-corrected chi connectivity index (χ1v) is 11.7. The van der Waals surface area contributed by atoms with E-state index in [0.29, 0.717) is 5.92 Å². The SMILES string of the molecule is Cc1ccnc(N2CCC(C(=O)NCC3CCN(Cc4ccc(Cl)cc4)CC3)CC2)n1. The quantitative estimate of drug-likeness (QED) is 0.740. The van der Waals surface area contributed by atoms with Crippen molar-refractivity contribution in [2.75, 3.05) is 37.6 Å². The second-order valence-corrected chi connectivity index (χ2v) is 9.29. The van der Waals surface area contributed by atoms with Gasteiger partial charge in [-0.1, -0.05) is 23.7 Å². The van der Waals surface area contributed by atoms with Gasteiger partial charge < -0.3 is 10.2 Å². The number of hydrogen-bond donors (Lipinski definition) is 1. The lowest BCUT2D eigenvalue weighted by Crippen LogP contribution is -2.43. The number of carbonyl (C=O) groups excluding carboxylic acids is 1. The normalized spacial score (nSPS) is 18.8. The van der Waals surface area contributed by atoms with Crippen molar-refractivity contribution >= 4 is 23.5 Å². The van der Waals surface area contributed by atoms with Crippen LogP contribution in [0.5, 0.6) is 0 Å². The maximum absolute atomic E-state index is 12.7. The summed E-state index contributed by atoms with van der Waals surface area (Å²) in [4.78, 5) is 26.2. The van der Waals surface area contributed by atoms with E-state index < -0.39 is 0 Å². The molecule has 0 unspecified atom stereocenters. The molecule has 0 saturated carbocycles. The van der Waals surface area contributed by atoms with Crippen LogP contribution in [-0.2, 0) is 11.3 Å². The smallest absolute Gasteiger partial charge is 0.225 e. The molecule has 1 aromatic carbocycles. The average molecular weight is 442 g/mol. The largest absolute Gasteiger partial charge is 0.356 e. The summed E-state index contributed by atoms with van der Waals surface area (Å²) in [5.41, 5.74) is 2.28. The first-order chi connectivity index (χ1) is 15.1. The van der Waals surface area contributed by atoms with Crippen molar-refractivity contribution in [1.29, 1.82) is 0 Å². The van der Waals surface area contributed by atoms with Crippen LogP contribution in [0, 0.1) is 18.8 Å². The van der Waals surface area contributed by atoms with E-state index >= 15 is 0 Å². The monoisotopic (exact) mass is 441 g/mol. The summed E-state index contributed by atoms with van der Waals surface area (Å²) < 4.78 is 0. The molecule has 4 rings (SSSR count). The van der Waals surface area contributed by atoms with Gasteiger partial charge in [-0.25, -0.2) is 9.97 Å². The van der Waals surface area contributed by atoms with Crippen LogP contribution in [0.2, 0.25) is 5.02 Å².